The highest BCUT2D eigenvalue weighted by atomic mass is 32.1. The van der Waals surface area contributed by atoms with Crippen molar-refractivity contribution in [1.29, 1.82) is 0 Å². The Bertz CT molecular complexity index is 620. The third-order valence-electron chi connectivity index (χ3n) is 4.69. The lowest BCUT2D eigenvalue weighted by molar-refractivity contribution is 0.271. The first-order valence-corrected chi connectivity index (χ1v) is 8.64. The Labute approximate surface area is 132 Å². The van der Waals surface area contributed by atoms with Crippen LogP contribution in [0, 0.1) is 5.41 Å². The van der Waals surface area contributed by atoms with Crippen LogP contribution in [0.2, 0.25) is 0 Å². The number of hydrogen-bond acceptors (Lipinski definition) is 2. The monoisotopic (exact) mass is 302 g/mol. The van der Waals surface area contributed by atoms with Crippen molar-refractivity contribution < 1.29 is 0 Å². The molecule has 114 valence electrons. The number of thiophene rings is 1. The van der Waals surface area contributed by atoms with Crippen LogP contribution < -0.4 is 5.73 Å². The smallest absolute Gasteiger partial charge is 0.0322 e. The summed E-state index contributed by atoms with van der Waals surface area (Å²) in [5.41, 5.74) is 9.65. The van der Waals surface area contributed by atoms with Crippen LogP contribution >= 0.6 is 11.3 Å². The fourth-order valence-corrected chi connectivity index (χ4v) is 4.45. The highest BCUT2D eigenvalue weighted by molar-refractivity contribution is 7.10. The molecule has 0 amide bonds. The molecule has 2 aromatic heterocycles. The Kier molecular flexibility index (Phi) is 3.53. The largest absolute Gasteiger partial charge is 0.350 e. The fraction of sp³-hybridized carbons (Fsp3) is 0.556. The summed E-state index contributed by atoms with van der Waals surface area (Å²) < 4.78 is 2.44. The minimum absolute atomic E-state index is 0.159. The normalized spacial score (nSPS) is 21.3. The van der Waals surface area contributed by atoms with Crippen LogP contribution in [0.3, 0.4) is 0 Å². The first-order valence-electron chi connectivity index (χ1n) is 7.76. The van der Waals surface area contributed by atoms with E-state index >= 15 is 0 Å². The van der Waals surface area contributed by atoms with Crippen molar-refractivity contribution >= 4 is 11.3 Å². The number of nitrogens with zero attached hydrogens (tertiary/aromatic N) is 1. The third kappa shape index (κ3) is 2.82. The molecule has 0 radical (unpaired) electrons. The second kappa shape index (κ2) is 4.99. The molecule has 0 bridgehead atoms. The molecule has 0 aliphatic heterocycles. The van der Waals surface area contributed by atoms with Gasteiger partial charge in [-0.25, -0.2) is 0 Å². The van der Waals surface area contributed by atoms with E-state index in [2.05, 4.69) is 62.0 Å². The molecule has 0 fully saturated rings. The van der Waals surface area contributed by atoms with E-state index in [0.717, 1.165) is 19.4 Å². The molecule has 2 nitrogen and oxygen atoms in total. The van der Waals surface area contributed by atoms with Gasteiger partial charge >= 0.3 is 0 Å². The first-order chi connectivity index (χ1) is 9.78. The number of aromatic nitrogens is 1. The van der Waals surface area contributed by atoms with Crippen LogP contribution in [0.15, 0.2) is 29.8 Å². The van der Waals surface area contributed by atoms with Gasteiger partial charge in [0.2, 0.25) is 0 Å². The molecular weight excluding hydrogens is 276 g/mol. The zero-order valence-electron chi connectivity index (χ0n) is 13.5. The van der Waals surface area contributed by atoms with Crippen molar-refractivity contribution in [1.82, 2.24) is 4.57 Å². The predicted octanol–water partition coefficient (Wildman–Crippen LogP) is 4.50. The van der Waals surface area contributed by atoms with Crippen LogP contribution in [0.1, 0.15) is 56.3 Å². The van der Waals surface area contributed by atoms with Crippen LogP contribution in [0.25, 0.3) is 0 Å². The summed E-state index contributed by atoms with van der Waals surface area (Å²) in [6.45, 7) is 10.3. The summed E-state index contributed by atoms with van der Waals surface area (Å²) >= 11 is 1.85. The molecule has 1 atom stereocenters. The molecule has 0 saturated carbocycles. The molecule has 2 heterocycles. The molecule has 1 aliphatic rings. The molecule has 0 spiro atoms. The van der Waals surface area contributed by atoms with Crippen LogP contribution in [0.4, 0.5) is 0 Å². The van der Waals surface area contributed by atoms with Crippen LogP contribution in [-0.4, -0.2) is 4.57 Å². The van der Waals surface area contributed by atoms with E-state index in [1.165, 1.54) is 16.1 Å². The topological polar surface area (TPSA) is 30.9 Å². The van der Waals surface area contributed by atoms with Gasteiger partial charge in [0, 0.05) is 34.8 Å². The molecule has 3 heteroatoms. The molecule has 1 unspecified atom stereocenters. The summed E-state index contributed by atoms with van der Waals surface area (Å²) in [6.07, 6.45) is 4.45. The van der Waals surface area contributed by atoms with Gasteiger partial charge in [0.15, 0.2) is 0 Å². The molecule has 0 aromatic carbocycles. The van der Waals surface area contributed by atoms with E-state index in [1.807, 2.05) is 11.3 Å². The van der Waals surface area contributed by atoms with E-state index in [9.17, 15) is 0 Å². The van der Waals surface area contributed by atoms with Gasteiger partial charge in [-0.2, -0.15) is 0 Å². The summed E-state index contributed by atoms with van der Waals surface area (Å²) in [5.74, 6) is 0. The minimum Gasteiger partial charge on any atom is -0.350 e. The highest BCUT2D eigenvalue weighted by Gasteiger charge is 2.33. The predicted molar refractivity (Wildman–Crippen MR) is 90.8 cm³/mol. The second-order valence-electron chi connectivity index (χ2n) is 7.86. The van der Waals surface area contributed by atoms with Gasteiger partial charge in [0.05, 0.1) is 0 Å². The van der Waals surface area contributed by atoms with Gasteiger partial charge in [-0.15, -0.1) is 11.3 Å². The second-order valence-corrected chi connectivity index (χ2v) is 8.81. The third-order valence-corrected chi connectivity index (χ3v) is 5.92. The Balaban J connectivity index is 1.92. The van der Waals surface area contributed by atoms with Gasteiger partial charge < -0.3 is 10.3 Å². The van der Waals surface area contributed by atoms with Gasteiger partial charge in [-0.3, -0.25) is 0 Å². The van der Waals surface area contributed by atoms with Crippen molar-refractivity contribution in [2.45, 2.75) is 58.5 Å². The molecule has 2 aromatic rings. The van der Waals surface area contributed by atoms with Crippen LogP contribution in [0.5, 0.6) is 0 Å². The first kappa shape index (κ1) is 14.9. The lowest BCUT2D eigenvalue weighted by Crippen LogP contribution is -2.32. The highest BCUT2D eigenvalue weighted by Crippen LogP contribution is 2.41. The SMILES string of the molecule is CC1(C)Cc2c(ccn2CC(C)(C)c2cccs2)C(N)C1. The lowest BCUT2D eigenvalue weighted by atomic mass is 9.74. The number of hydrogen-bond donors (Lipinski definition) is 1. The molecule has 1 aliphatic carbocycles. The maximum atomic E-state index is 6.38. The van der Waals surface area contributed by atoms with Crippen molar-refractivity contribution in [2.24, 2.45) is 11.1 Å². The van der Waals surface area contributed by atoms with E-state index in [0.29, 0.717) is 5.41 Å². The Morgan fingerprint density at radius 1 is 1.38 bits per heavy atom. The molecule has 21 heavy (non-hydrogen) atoms. The van der Waals surface area contributed by atoms with E-state index in [-0.39, 0.29) is 11.5 Å². The zero-order chi connectivity index (χ0) is 15.3. The molecular formula is C18H26N2S. The van der Waals surface area contributed by atoms with Crippen molar-refractivity contribution in [3.8, 4) is 0 Å². The van der Waals surface area contributed by atoms with Crippen LogP contribution in [-0.2, 0) is 18.4 Å². The maximum Gasteiger partial charge on any atom is 0.0322 e. The molecule has 0 saturated heterocycles. The quantitative estimate of drug-likeness (QED) is 0.889. The van der Waals surface area contributed by atoms with Crippen molar-refractivity contribution in [2.75, 3.05) is 0 Å². The molecule has 3 rings (SSSR count). The Morgan fingerprint density at radius 3 is 2.81 bits per heavy atom. The van der Waals surface area contributed by atoms with Gasteiger partial charge in [-0.05, 0) is 41.3 Å². The van der Waals surface area contributed by atoms with Crippen molar-refractivity contribution in [3.63, 3.8) is 0 Å². The molecule has 2 N–H and O–H groups in total. The summed E-state index contributed by atoms with van der Waals surface area (Å²) in [4.78, 5) is 1.45. The van der Waals surface area contributed by atoms with E-state index in [4.69, 9.17) is 5.73 Å². The van der Waals surface area contributed by atoms with Crippen molar-refractivity contribution in [3.05, 3.63) is 45.9 Å². The average Bonchev–Trinajstić information content (AvgIpc) is 2.98. The summed E-state index contributed by atoms with van der Waals surface area (Å²) in [5, 5.41) is 2.17. The van der Waals surface area contributed by atoms with E-state index in [1.54, 1.807) is 0 Å². The minimum atomic E-state index is 0.159. The number of nitrogens with two attached hydrogens (primary N) is 1. The fourth-order valence-electron chi connectivity index (χ4n) is 3.61. The van der Waals surface area contributed by atoms with Gasteiger partial charge in [0.25, 0.3) is 0 Å². The zero-order valence-corrected chi connectivity index (χ0v) is 14.3. The average molecular weight is 302 g/mol. The number of fused-ring (bicyclic) bond motifs is 1. The lowest BCUT2D eigenvalue weighted by Gasteiger charge is -2.35. The Hall–Kier alpha value is -1.06. The van der Waals surface area contributed by atoms with E-state index < -0.39 is 0 Å². The van der Waals surface area contributed by atoms with Gasteiger partial charge in [-0.1, -0.05) is 33.8 Å². The standard InChI is InChI=1S/C18H26N2S/c1-17(2)10-14(19)13-7-8-20(15(13)11-17)12-18(3,4)16-6-5-9-21-16/h5-9,14H,10-12,19H2,1-4H3. The van der Waals surface area contributed by atoms with Gasteiger partial charge in [0.1, 0.15) is 0 Å². The summed E-state index contributed by atoms with van der Waals surface area (Å²) in [6, 6.07) is 6.82. The Morgan fingerprint density at radius 2 is 2.14 bits per heavy atom. The number of rotatable bonds is 3. The summed E-state index contributed by atoms with van der Waals surface area (Å²) in [7, 11) is 0. The maximum absolute atomic E-state index is 6.38.